The van der Waals surface area contributed by atoms with Crippen molar-refractivity contribution in [1.29, 1.82) is 0 Å². The Morgan fingerprint density at radius 1 is 1.20 bits per heavy atom. The van der Waals surface area contributed by atoms with Crippen LogP contribution in [-0.2, 0) is 11.3 Å². The maximum atomic E-state index is 11.0. The number of rotatable bonds is 6. The van der Waals surface area contributed by atoms with Crippen LogP contribution in [0.3, 0.4) is 0 Å². The molecule has 0 amide bonds. The summed E-state index contributed by atoms with van der Waals surface area (Å²) in [5.74, 6) is 0.485. The molecule has 1 aliphatic heterocycles. The lowest BCUT2D eigenvalue weighted by atomic mass is 10.0. The summed E-state index contributed by atoms with van der Waals surface area (Å²) in [6.45, 7) is 5.87. The first-order chi connectivity index (χ1) is 14.5. The summed E-state index contributed by atoms with van der Waals surface area (Å²) in [6.07, 6.45) is 2.27. The van der Waals surface area contributed by atoms with Crippen LogP contribution < -0.4 is 4.80 Å². The predicted octanol–water partition coefficient (Wildman–Crippen LogP) is 5.66. The standard InChI is InChI=1S/C23H25N3O3S/c1-16(2)17-5-9-19(10-6-17)24-23-25(14-21-4-3-13-29-21)22(15-30-23)18-7-11-20(12-8-18)26(27)28/h5-12,15-16,21H,3-4,13-14H2,1-2H3. The first-order valence-electron chi connectivity index (χ1n) is 10.2. The summed E-state index contributed by atoms with van der Waals surface area (Å²) in [7, 11) is 0. The van der Waals surface area contributed by atoms with E-state index in [1.807, 2.05) is 0 Å². The lowest BCUT2D eigenvalue weighted by molar-refractivity contribution is -0.384. The Morgan fingerprint density at radius 3 is 2.53 bits per heavy atom. The SMILES string of the molecule is CC(C)c1ccc(N=c2scc(-c3ccc([N+](=O)[O-])cc3)n2CC2CCCO2)cc1. The van der Waals surface area contributed by atoms with E-state index in [4.69, 9.17) is 9.73 Å². The molecule has 0 aliphatic carbocycles. The predicted molar refractivity (Wildman–Crippen MR) is 119 cm³/mol. The van der Waals surface area contributed by atoms with E-state index in [0.717, 1.165) is 47.7 Å². The first kappa shape index (κ1) is 20.5. The summed E-state index contributed by atoms with van der Waals surface area (Å²) in [6, 6.07) is 15.0. The normalized spacial score (nSPS) is 17.0. The molecule has 2 heterocycles. The molecule has 1 unspecified atom stereocenters. The molecule has 0 saturated carbocycles. The summed E-state index contributed by atoms with van der Waals surface area (Å²) in [5.41, 5.74) is 4.24. The van der Waals surface area contributed by atoms with Crippen LogP contribution in [0.15, 0.2) is 58.9 Å². The number of non-ortho nitro benzene ring substituents is 1. The number of benzene rings is 2. The van der Waals surface area contributed by atoms with Gasteiger partial charge in [-0.05, 0) is 54.2 Å². The maximum absolute atomic E-state index is 11.0. The van der Waals surface area contributed by atoms with Crippen LogP contribution in [0.5, 0.6) is 0 Å². The third kappa shape index (κ3) is 4.52. The average Bonchev–Trinajstić information content (AvgIpc) is 3.39. The molecule has 3 aromatic rings. The second-order valence-corrected chi connectivity index (χ2v) is 8.65. The number of hydrogen-bond acceptors (Lipinski definition) is 5. The molecule has 2 aromatic carbocycles. The molecule has 1 saturated heterocycles. The Balaban J connectivity index is 1.73. The smallest absolute Gasteiger partial charge is 0.269 e. The van der Waals surface area contributed by atoms with Crippen LogP contribution in [0.25, 0.3) is 11.3 Å². The van der Waals surface area contributed by atoms with Gasteiger partial charge in [-0.25, -0.2) is 4.99 Å². The van der Waals surface area contributed by atoms with Gasteiger partial charge in [-0.1, -0.05) is 26.0 Å². The van der Waals surface area contributed by atoms with E-state index in [9.17, 15) is 10.1 Å². The van der Waals surface area contributed by atoms with Crippen LogP contribution in [0.4, 0.5) is 11.4 Å². The second-order valence-electron chi connectivity index (χ2n) is 7.81. The Morgan fingerprint density at radius 2 is 1.93 bits per heavy atom. The minimum Gasteiger partial charge on any atom is -0.376 e. The zero-order chi connectivity index (χ0) is 21.1. The van der Waals surface area contributed by atoms with Gasteiger partial charge in [-0.15, -0.1) is 11.3 Å². The topological polar surface area (TPSA) is 69.7 Å². The number of nitrogens with zero attached hydrogens (tertiary/aromatic N) is 3. The number of aromatic nitrogens is 1. The molecule has 0 N–H and O–H groups in total. The fourth-order valence-electron chi connectivity index (χ4n) is 3.62. The number of ether oxygens (including phenoxy) is 1. The van der Waals surface area contributed by atoms with Crippen molar-refractivity contribution in [3.63, 3.8) is 0 Å². The molecule has 0 spiro atoms. The molecule has 0 bridgehead atoms. The molecule has 30 heavy (non-hydrogen) atoms. The summed E-state index contributed by atoms with van der Waals surface area (Å²) in [4.78, 5) is 16.4. The second kappa shape index (κ2) is 8.93. The molecule has 7 heteroatoms. The van der Waals surface area contributed by atoms with Gasteiger partial charge in [-0.3, -0.25) is 10.1 Å². The van der Waals surface area contributed by atoms with E-state index in [0.29, 0.717) is 5.92 Å². The largest absolute Gasteiger partial charge is 0.376 e. The molecule has 0 radical (unpaired) electrons. The zero-order valence-corrected chi connectivity index (χ0v) is 18.0. The molecule has 4 rings (SSSR count). The third-order valence-electron chi connectivity index (χ3n) is 5.37. The Labute approximate surface area is 179 Å². The van der Waals surface area contributed by atoms with Gasteiger partial charge in [0.1, 0.15) is 0 Å². The fourth-order valence-corrected chi connectivity index (χ4v) is 4.55. The number of thiazole rings is 1. The van der Waals surface area contributed by atoms with E-state index in [2.05, 4.69) is 48.1 Å². The van der Waals surface area contributed by atoms with Gasteiger partial charge in [0.05, 0.1) is 29.0 Å². The molecule has 6 nitrogen and oxygen atoms in total. The maximum Gasteiger partial charge on any atom is 0.269 e. The number of nitro benzene ring substituents is 1. The van der Waals surface area contributed by atoms with Crippen LogP contribution >= 0.6 is 11.3 Å². The lowest BCUT2D eigenvalue weighted by Crippen LogP contribution is -2.24. The molecule has 1 atom stereocenters. The van der Waals surface area contributed by atoms with Crippen molar-refractivity contribution >= 4 is 22.7 Å². The molecule has 1 aromatic heterocycles. The van der Waals surface area contributed by atoms with Gasteiger partial charge in [0.25, 0.3) is 5.69 Å². The van der Waals surface area contributed by atoms with Gasteiger partial charge < -0.3 is 9.30 Å². The van der Waals surface area contributed by atoms with Crippen LogP contribution in [0, 0.1) is 10.1 Å². The van der Waals surface area contributed by atoms with Gasteiger partial charge in [0.2, 0.25) is 0 Å². The van der Waals surface area contributed by atoms with E-state index < -0.39 is 0 Å². The highest BCUT2D eigenvalue weighted by atomic mass is 32.1. The average molecular weight is 424 g/mol. The van der Waals surface area contributed by atoms with E-state index in [1.165, 1.54) is 5.56 Å². The van der Waals surface area contributed by atoms with Crippen molar-refractivity contribution in [1.82, 2.24) is 4.57 Å². The van der Waals surface area contributed by atoms with Crippen molar-refractivity contribution in [2.24, 2.45) is 4.99 Å². The number of hydrogen-bond donors (Lipinski definition) is 0. The third-order valence-corrected chi connectivity index (χ3v) is 6.23. The zero-order valence-electron chi connectivity index (χ0n) is 17.2. The van der Waals surface area contributed by atoms with Gasteiger partial charge in [-0.2, -0.15) is 0 Å². The van der Waals surface area contributed by atoms with E-state index >= 15 is 0 Å². The molecule has 1 aliphatic rings. The van der Waals surface area contributed by atoms with Crippen molar-refractivity contribution in [2.75, 3.05) is 6.61 Å². The highest BCUT2D eigenvalue weighted by Crippen LogP contribution is 2.26. The summed E-state index contributed by atoms with van der Waals surface area (Å²) >= 11 is 1.58. The number of nitro groups is 1. The van der Waals surface area contributed by atoms with E-state index in [1.54, 1.807) is 35.6 Å². The summed E-state index contributed by atoms with van der Waals surface area (Å²) < 4.78 is 8.05. The lowest BCUT2D eigenvalue weighted by Gasteiger charge is -2.14. The highest BCUT2D eigenvalue weighted by molar-refractivity contribution is 7.07. The van der Waals surface area contributed by atoms with Gasteiger partial charge >= 0.3 is 0 Å². The van der Waals surface area contributed by atoms with Crippen LogP contribution in [-0.4, -0.2) is 22.2 Å². The van der Waals surface area contributed by atoms with Gasteiger partial charge in [0.15, 0.2) is 4.80 Å². The van der Waals surface area contributed by atoms with Crippen LogP contribution in [0.1, 0.15) is 38.2 Å². The monoisotopic (exact) mass is 423 g/mol. The Kier molecular flexibility index (Phi) is 6.11. The first-order valence-corrected chi connectivity index (χ1v) is 11.1. The quantitative estimate of drug-likeness (QED) is 0.379. The van der Waals surface area contributed by atoms with E-state index in [-0.39, 0.29) is 16.7 Å². The Bertz CT molecular complexity index is 1080. The Hall–Kier alpha value is -2.77. The summed E-state index contributed by atoms with van der Waals surface area (Å²) in [5, 5.41) is 13.1. The van der Waals surface area contributed by atoms with Crippen molar-refractivity contribution in [2.45, 2.75) is 45.3 Å². The molecule has 156 valence electrons. The van der Waals surface area contributed by atoms with Crippen LogP contribution in [0.2, 0.25) is 0 Å². The van der Waals surface area contributed by atoms with Crippen molar-refractivity contribution in [3.05, 3.63) is 74.4 Å². The molecular weight excluding hydrogens is 398 g/mol. The molecular formula is C23H25N3O3S. The minimum absolute atomic E-state index is 0.0924. The fraction of sp³-hybridized carbons (Fsp3) is 0.348. The van der Waals surface area contributed by atoms with Crippen molar-refractivity contribution < 1.29 is 9.66 Å². The highest BCUT2D eigenvalue weighted by Gasteiger charge is 2.19. The van der Waals surface area contributed by atoms with Crippen molar-refractivity contribution in [3.8, 4) is 11.3 Å². The van der Waals surface area contributed by atoms with Gasteiger partial charge in [0, 0.05) is 24.1 Å². The minimum atomic E-state index is -0.376. The molecule has 1 fully saturated rings.